The van der Waals surface area contributed by atoms with Crippen molar-refractivity contribution in [3.63, 3.8) is 0 Å². The van der Waals surface area contributed by atoms with Gasteiger partial charge in [0.1, 0.15) is 0 Å². The number of fused-ring (bicyclic) bond motifs is 6. The van der Waals surface area contributed by atoms with Crippen LogP contribution in [0.2, 0.25) is 0 Å². The van der Waals surface area contributed by atoms with Crippen LogP contribution in [0.3, 0.4) is 0 Å². The summed E-state index contributed by atoms with van der Waals surface area (Å²) in [6.07, 6.45) is 1.94. The predicted octanol–water partition coefficient (Wildman–Crippen LogP) is 12.6. The van der Waals surface area contributed by atoms with E-state index in [4.69, 9.17) is 4.98 Å². The number of pyridine rings is 1. The van der Waals surface area contributed by atoms with E-state index in [9.17, 15) is 0 Å². The van der Waals surface area contributed by atoms with Crippen LogP contribution in [0.1, 0.15) is 0 Å². The van der Waals surface area contributed by atoms with Crippen molar-refractivity contribution in [2.45, 2.75) is 0 Å². The quantitative estimate of drug-likeness (QED) is 0.182. The maximum atomic E-state index is 4.83. The summed E-state index contributed by atoms with van der Waals surface area (Å²) in [6, 6.07) is 59.0. The molecule has 7 aromatic carbocycles. The Bertz CT molecular complexity index is 2510. The first-order valence-electron chi connectivity index (χ1n) is 15.5. The van der Waals surface area contributed by atoms with Crippen LogP contribution in [0.25, 0.3) is 64.1 Å². The molecule has 9 aromatic rings. The zero-order valence-corrected chi connectivity index (χ0v) is 25.8. The summed E-state index contributed by atoms with van der Waals surface area (Å²) in [5.41, 5.74) is 9.20. The number of thiophene rings is 1. The minimum Gasteiger partial charge on any atom is -0.309 e. The Morgan fingerprint density at radius 1 is 0.435 bits per heavy atom. The van der Waals surface area contributed by atoms with E-state index in [0.29, 0.717) is 0 Å². The highest BCUT2D eigenvalue weighted by molar-refractivity contribution is 7.26. The van der Waals surface area contributed by atoms with Crippen LogP contribution in [0.5, 0.6) is 0 Å². The van der Waals surface area contributed by atoms with E-state index in [-0.39, 0.29) is 0 Å². The number of nitrogens with zero attached hydrogens (tertiary/aromatic N) is 2. The molecule has 0 aliphatic heterocycles. The lowest BCUT2D eigenvalue weighted by Crippen LogP contribution is -2.10. The molecule has 9 rings (SSSR count). The highest BCUT2D eigenvalue weighted by Crippen LogP contribution is 2.44. The van der Waals surface area contributed by atoms with Crippen LogP contribution in [-0.4, -0.2) is 4.98 Å². The molecule has 0 saturated carbocycles. The second-order valence-electron chi connectivity index (χ2n) is 11.6. The fraction of sp³-hybridized carbons (Fsp3) is 0. The van der Waals surface area contributed by atoms with E-state index >= 15 is 0 Å². The molecule has 0 spiro atoms. The molecule has 0 N–H and O–H groups in total. The topological polar surface area (TPSA) is 16.1 Å². The maximum Gasteiger partial charge on any atom is 0.0909 e. The molecule has 3 heteroatoms. The van der Waals surface area contributed by atoms with Gasteiger partial charge in [0.05, 0.1) is 15.9 Å². The van der Waals surface area contributed by atoms with Gasteiger partial charge in [-0.3, -0.25) is 4.98 Å². The Labute approximate surface area is 271 Å². The van der Waals surface area contributed by atoms with Gasteiger partial charge in [-0.15, -0.1) is 11.3 Å². The summed E-state index contributed by atoms with van der Waals surface area (Å²) in [4.78, 5) is 7.20. The zero-order chi connectivity index (χ0) is 30.5. The minimum absolute atomic E-state index is 1.05. The van der Waals surface area contributed by atoms with E-state index < -0.39 is 0 Å². The molecule has 0 aliphatic rings. The highest BCUT2D eigenvalue weighted by atomic mass is 32.1. The SMILES string of the molecule is c1ccc(-c2ccc(N(c3ccc(-c4ccc5c(ccc6ccccc65)c4)cc3)c3ccnc4c3sc3ccccc34)cc2)cc1. The summed E-state index contributed by atoms with van der Waals surface area (Å²) in [7, 11) is 0. The van der Waals surface area contributed by atoms with Crippen molar-refractivity contribution >= 4 is 70.2 Å². The van der Waals surface area contributed by atoms with E-state index in [0.717, 1.165) is 22.6 Å². The Morgan fingerprint density at radius 3 is 1.80 bits per heavy atom. The van der Waals surface area contributed by atoms with E-state index in [2.05, 4.69) is 169 Å². The third-order valence-corrected chi connectivity index (χ3v) is 10.1. The third kappa shape index (κ3) is 4.52. The largest absolute Gasteiger partial charge is 0.309 e. The van der Waals surface area contributed by atoms with Gasteiger partial charge in [0.2, 0.25) is 0 Å². The summed E-state index contributed by atoms with van der Waals surface area (Å²) < 4.78 is 2.43. The summed E-state index contributed by atoms with van der Waals surface area (Å²) in [5.74, 6) is 0. The molecule has 2 nitrogen and oxygen atoms in total. The standard InChI is InChI=1S/C43H28N2S/c1-2-8-29(9-3-1)30-16-21-35(22-17-30)45(40-26-27-44-42-39-12-6-7-13-41(39)46-43(40)42)36-23-18-31(19-24-36)33-20-25-38-34(28-33)15-14-32-10-4-5-11-37(32)38/h1-28H. The van der Waals surface area contributed by atoms with Crippen LogP contribution >= 0.6 is 11.3 Å². The molecule has 46 heavy (non-hydrogen) atoms. The van der Waals surface area contributed by atoms with Crippen LogP contribution < -0.4 is 4.90 Å². The van der Waals surface area contributed by atoms with Crippen molar-refractivity contribution < 1.29 is 0 Å². The van der Waals surface area contributed by atoms with Gasteiger partial charge in [0, 0.05) is 27.7 Å². The average molecular weight is 605 g/mol. The summed E-state index contributed by atoms with van der Waals surface area (Å²) in [5, 5.41) is 6.30. The smallest absolute Gasteiger partial charge is 0.0909 e. The second-order valence-corrected chi connectivity index (χ2v) is 12.7. The monoisotopic (exact) mass is 604 g/mol. The van der Waals surface area contributed by atoms with Crippen molar-refractivity contribution in [3.05, 3.63) is 170 Å². The van der Waals surface area contributed by atoms with Crippen molar-refractivity contribution in [3.8, 4) is 22.3 Å². The third-order valence-electron chi connectivity index (χ3n) is 8.92. The molecule has 216 valence electrons. The van der Waals surface area contributed by atoms with Crippen LogP contribution in [0.15, 0.2) is 170 Å². The van der Waals surface area contributed by atoms with E-state index in [1.165, 1.54) is 58.6 Å². The molecule has 0 aliphatic carbocycles. The molecule has 0 atom stereocenters. The van der Waals surface area contributed by atoms with Crippen LogP contribution in [0.4, 0.5) is 17.1 Å². The molecule has 0 radical (unpaired) electrons. The molecule has 0 unspecified atom stereocenters. The van der Waals surface area contributed by atoms with E-state index in [1.54, 1.807) is 11.3 Å². The fourth-order valence-electron chi connectivity index (χ4n) is 6.62. The molecular formula is C43H28N2S. The Morgan fingerprint density at radius 2 is 1.02 bits per heavy atom. The number of benzene rings is 7. The van der Waals surface area contributed by atoms with Crippen LogP contribution in [0, 0.1) is 0 Å². The molecule has 0 bridgehead atoms. The number of rotatable bonds is 5. The zero-order valence-electron chi connectivity index (χ0n) is 25.0. The average Bonchev–Trinajstić information content (AvgIpc) is 3.52. The fourth-order valence-corrected chi connectivity index (χ4v) is 7.79. The highest BCUT2D eigenvalue weighted by Gasteiger charge is 2.19. The number of hydrogen-bond donors (Lipinski definition) is 0. The van der Waals surface area contributed by atoms with Gasteiger partial charge in [0.25, 0.3) is 0 Å². The predicted molar refractivity (Wildman–Crippen MR) is 198 cm³/mol. The summed E-state index contributed by atoms with van der Waals surface area (Å²) in [6.45, 7) is 0. The maximum absolute atomic E-state index is 4.83. The lowest BCUT2D eigenvalue weighted by atomic mass is 9.97. The van der Waals surface area contributed by atoms with Gasteiger partial charge >= 0.3 is 0 Å². The Kier molecular flexibility index (Phi) is 6.36. The first-order valence-corrected chi connectivity index (χ1v) is 16.4. The summed E-state index contributed by atoms with van der Waals surface area (Å²) >= 11 is 1.80. The van der Waals surface area contributed by atoms with Gasteiger partial charge in [-0.2, -0.15) is 0 Å². The number of aromatic nitrogens is 1. The Hall–Kier alpha value is -5.77. The number of hydrogen-bond acceptors (Lipinski definition) is 3. The van der Waals surface area contributed by atoms with Crippen LogP contribution in [-0.2, 0) is 0 Å². The van der Waals surface area contributed by atoms with Gasteiger partial charge in [-0.1, -0.05) is 121 Å². The lowest BCUT2D eigenvalue weighted by molar-refractivity contribution is 1.29. The first kappa shape index (κ1) is 26.6. The molecule has 0 saturated heterocycles. The lowest BCUT2D eigenvalue weighted by Gasteiger charge is -2.26. The van der Waals surface area contributed by atoms with Crippen molar-refractivity contribution in [1.82, 2.24) is 4.98 Å². The van der Waals surface area contributed by atoms with Gasteiger partial charge in [0.15, 0.2) is 0 Å². The van der Waals surface area contributed by atoms with E-state index in [1.807, 2.05) is 6.20 Å². The molecule has 2 aromatic heterocycles. The van der Waals surface area contributed by atoms with Gasteiger partial charge in [-0.05, 0) is 86.3 Å². The Balaban J connectivity index is 1.16. The first-order chi connectivity index (χ1) is 22.8. The minimum atomic E-state index is 1.05. The van der Waals surface area contributed by atoms with Gasteiger partial charge < -0.3 is 4.90 Å². The molecule has 0 fully saturated rings. The second kappa shape index (κ2) is 11.0. The normalized spacial score (nSPS) is 11.5. The van der Waals surface area contributed by atoms with Gasteiger partial charge in [-0.25, -0.2) is 0 Å². The van der Waals surface area contributed by atoms with Crippen molar-refractivity contribution in [2.24, 2.45) is 0 Å². The van der Waals surface area contributed by atoms with Crippen molar-refractivity contribution in [2.75, 3.05) is 4.90 Å². The van der Waals surface area contributed by atoms with Crippen molar-refractivity contribution in [1.29, 1.82) is 0 Å². The molecule has 2 heterocycles. The number of anilines is 3. The molecular weight excluding hydrogens is 577 g/mol. The molecule has 0 amide bonds.